The van der Waals surface area contributed by atoms with Crippen molar-refractivity contribution in [2.75, 3.05) is 14.2 Å². The van der Waals surface area contributed by atoms with E-state index in [1.807, 2.05) is 40.8 Å². The lowest BCUT2D eigenvalue weighted by Crippen LogP contribution is -1.90. The van der Waals surface area contributed by atoms with Crippen molar-refractivity contribution in [3.63, 3.8) is 0 Å². The summed E-state index contributed by atoms with van der Waals surface area (Å²) in [5.41, 5.74) is 1.59. The van der Waals surface area contributed by atoms with Crippen LogP contribution in [0.4, 0.5) is 0 Å². The van der Waals surface area contributed by atoms with E-state index < -0.39 is 0 Å². The first-order valence-electron chi connectivity index (χ1n) is 4.58. The summed E-state index contributed by atoms with van der Waals surface area (Å²) in [5, 5.41) is 0. The van der Waals surface area contributed by atoms with E-state index in [1.54, 1.807) is 20.5 Å². The van der Waals surface area contributed by atoms with E-state index in [4.69, 9.17) is 13.9 Å². The number of oxazole rings is 1. The maximum atomic E-state index is 5.27. The minimum atomic E-state index is 0.595. The lowest BCUT2D eigenvalue weighted by Gasteiger charge is -2.07. The van der Waals surface area contributed by atoms with E-state index in [9.17, 15) is 0 Å². The second-order valence-corrected chi connectivity index (χ2v) is 3.97. The number of methoxy groups -OCH3 is 2. The van der Waals surface area contributed by atoms with Crippen LogP contribution in [0.15, 0.2) is 28.9 Å². The molecule has 16 heavy (non-hydrogen) atoms. The first-order chi connectivity index (χ1) is 7.74. The third-order valence-electron chi connectivity index (χ3n) is 2.16. The second kappa shape index (κ2) is 4.73. The van der Waals surface area contributed by atoms with E-state index in [0.29, 0.717) is 3.90 Å². The Bertz CT molecular complexity index is 496. The minimum absolute atomic E-state index is 0.595. The standard InChI is InChI=1S/C11H10INO3/c1-14-7-3-4-10(15-2)8(5-7)9-6-16-11(12)13-9/h3-6H,1-2H3. The van der Waals surface area contributed by atoms with Crippen LogP contribution in [-0.4, -0.2) is 19.2 Å². The monoisotopic (exact) mass is 331 g/mol. The Morgan fingerprint density at radius 3 is 2.62 bits per heavy atom. The van der Waals surface area contributed by atoms with Gasteiger partial charge in [0.1, 0.15) is 23.5 Å². The highest BCUT2D eigenvalue weighted by atomic mass is 127. The van der Waals surface area contributed by atoms with Gasteiger partial charge in [0.15, 0.2) is 0 Å². The van der Waals surface area contributed by atoms with Gasteiger partial charge in [0.25, 0.3) is 3.90 Å². The van der Waals surface area contributed by atoms with E-state index in [2.05, 4.69) is 4.98 Å². The number of hydrogen-bond acceptors (Lipinski definition) is 4. The molecule has 0 bridgehead atoms. The fraction of sp³-hybridized carbons (Fsp3) is 0.182. The Balaban J connectivity index is 2.52. The van der Waals surface area contributed by atoms with Crippen molar-refractivity contribution in [3.05, 3.63) is 28.4 Å². The highest BCUT2D eigenvalue weighted by Crippen LogP contribution is 2.32. The van der Waals surface area contributed by atoms with Crippen LogP contribution in [0.3, 0.4) is 0 Å². The molecule has 0 N–H and O–H groups in total. The van der Waals surface area contributed by atoms with Crippen molar-refractivity contribution in [2.45, 2.75) is 0 Å². The predicted octanol–water partition coefficient (Wildman–Crippen LogP) is 2.96. The maximum Gasteiger partial charge on any atom is 0.257 e. The van der Waals surface area contributed by atoms with Gasteiger partial charge in [-0.1, -0.05) is 0 Å². The molecule has 2 aromatic rings. The fourth-order valence-electron chi connectivity index (χ4n) is 1.39. The van der Waals surface area contributed by atoms with Crippen molar-refractivity contribution in [2.24, 2.45) is 0 Å². The van der Waals surface area contributed by atoms with E-state index >= 15 is 0 Å². The van der Waals surface area contributed by atoms with Gasteiger partial charge < -0.3 is 13.9 Å². The number of aromatic nitrogens is 1. The third-order valence-corrected chi connectivity index (χ3v) is 2.65. The third kappa shape index (κ3) is 2.13. The molecule has 0 saturated heterocycles. The van der Waals surface area contributed by atoms with Gasteiger partial charge in [0.2, 0.25) is 0 Å². The summed E-state index contributed by atoms with van der Waals surface area (Å²) >= 11 is 2.02. The predicted molar refractivity (Wildman–Crippen MR) is 67.8 cm³/mol. The molecule has 2 rings (SSSR count). The topological polar surface area (TPSA) is 44.5 Å². The molecular formula is C11H10INO3. The molecule has 0 spiro atoms. The molecule has 0 aliphatic heterocycles. The Hall–Kier alpha value is -1.24. The average Bonchev–Trinajstić information content (AvgIpc) is 2.75. The van der Waals surface area contributed by atoms with E-state index in [1.165, 1.54) is 0 Å². The molecule has 4 nitrogen and oxygen atoms in total. The minimum Gasteiger partial charge on any atom is -0.497 e. The number of rotatable bonds is 3. The average molecular weight is 331 g/mol. The summed E-state index contributed by atoms with van der Waals surface area (Å²) in [6.07, 6.45) is 1.60. The molecule has 1 heterocycles. The van der Waals surface area contributed by atoms with Gasteiger partial charge in [-0.3, -0.25) is 0 Å². The molecule has 5 heteroatoms. The Morgan fingerprint density at radius 2 is 2.06 bits per heavy atom. The summed E-state index contributed by atoms with van der Waals surface area (Å²) in [6.45, 7) is 0. The maximum absolute atomic E-state index is 5.27. The van der Waals surface area contributed by atoms with Crippen LogP contribution in [0.5, 0.6) is 11.5 Å². The number of hydrogen-bond donors (Lipinski definition) is 0. The molecule has 1 aromatic carbocycles. The van der Waals surface area contributed by atoms with Gasteiger partial charge in [0.05, 0.1) is 14.2 Å². The molecule has 0 atom stereocenters. The van der Waals surface area contributed by atoms with Crippen LogP contribution in [0.2, 0.25) is 0 Å². The van der Waals surface area contributed by atoms with E-state index in [-0.39, 0.29) is 0 Å². The molecule has 0 fully saturated rings. The van der Waals surface area contributed by atoms with Crippen LogP contribution in [0.25, 0.3) is 11.3 Å². The van der Waals surface area contributed by atoms with Crippen LogP contribution in [0, 0.1) is 3.90 Å². The van der Waals surface area contributed by atoms with E-state index in [0.717, 1.165) is 22.8 Å². The van der Waals surface area contributed by atoms with Gasteiger partial charge in [-0.15, -0.1) is 0 Å². The van der Waals surface area contributed by atoms with Crippen LogP contribution in [-0.2, 0) is 0 Å². The summed E-state index contributed by atoms with van der Waals surface area (Å²) in [5.74, 6) is 1.50. The lowest BCUT2D eigenvalue weighted by atomic mass is 10.1. The van der Waals surface area contributed by atoms with Crippen molar-refractivity contribution in [1.29, 1.82) is 0 Å². The summed E-state index contributed by atoms with van der Waals surface area (Å²) < 4.78 is 16.2. The second-order valence-electron chi connectivity index (χ2n) is 3.05. The number of benzene rings is 1. The zero-order chi connectivity index (χ0) is 11.5. The number of ether oxygens (including phenoxy) is 2. The van der Waals surface area contributed by atoms with Crippen molar-refractivity contribution < 1.29 is 13.9 Å². The molecule has 0 unspecified atom stereocenters. The summed E-state index contributed by atoms with van der Waals surface area (Å²) in [6, 6.07) is 5.55. The number of halogens is 1. The molecular weight excluding hydrogens is 321 g/mol. The Labute approximate surface area is 107 Å². The smallest absolute Gasteiger partial charge is 0.257 e. The summed E-state index contributed by atoms with van der Waals surface area (Å²) in [7, 11) is 3.24. The SMILES string of the molecule is COc1ccc(OC)c(-c2coc(I)n2)c1. The summed E-state index contributed by atoms with van der Waals surface area (Å²) in [4.78, 5) is 4.25. The zero-order valence-electron chi connectivity index (χ0n) is 8.86. The van der Waals surface area contributed by atoms with Crippen LogP contribution in [0.1, 0.15) is 0 Å². The quantitative estimate of drug-likeness (QED) is 0.811. The van der Waals surface area contributed by atoms with Crippen molar-refractivity contribution >= 4 is 22.6 Å². The van der Waals surface area contributed by atoms with Crippen molar-refractivity contribution in [3.8, 4) is 22.8 Å². The molecule has 0 aliphatic carbocycles. The van der Waals surface area contributed by atoms with Crippen LogP contribution < -0.4 is 9.47 Å². The zero-order valence-corrected chi connectivity index (χ0v) is 11.0. The Morgan fingerprint density at radius 1 is 1.25 bits per heavy atom. The first-order valence-corrected chi connectivity index (χ1v) is 5.66. The van der Waals surface area contributed by atoms with Gasteiger partial charge >= 0.3 is 0 Å². The molecule has 1 aromatic heterocycles. The number of nitrogens with zero attached hydrogens (tertiary/aromatic N) is 1. The molecule has 0 amide bonds. The van der Waals surface area contributed by atoms with Gasteiger partial charge in [0, 0.05) is 28.2 Å². The highest BCUT2D eigenvalue weighted by molar-refractivity contribution is 14.1. The molecule has 0 saturated carbocycles. The highest BCUT2D eigenvalue weighted by Gasteiger charge is 2.11. The lowest BCUT2D eigenvalue weighted by molar-refractivity contribution is 0.404. The van der Waals surface area contributed by atoms with Crippen LogP contribution >= 0.6 is 22.6 Å². The van der Waals surface area contributed by atoms with Gasteiger partial charge in [-0.25, -0.2) is 4.98 Å². The molecule has 0 radical (unpaired) electrons. The molecule has 84 valence electrons. The Kier molecular flexibility index (Phi) is 3.33. The molecule has 0 aliphatic rings. The van der Waals surface area contributed by atoms with Crippen molar-refractivity contribution in [1.82, 2.24) is 4.98 Å². The fourth-order valence-corrected chi connectivity index (χ4v) is 1.78. The van der Waals surface area contributed by atoms with Gasteiger partial charge in [-0.2, -0.15) is 0 Å². The normalized spacial score (nSPS) is 10.2. The first kappa shape index (κ1) is 11.3. The largest absolute Gasteiger partial charge is 0.497 e. The van der Waals surface area contributed by atoms with Gasteiger partial charge in [-0.05, 0) is 18.2 Å².